The largest absolute Gasteiger partial charge is 0.481 e. The average Bonchev–Trinajstić information content (AvgIpc) is 3.21. The number of hydrogen-bond donors (Lipinski definition) is 16. The van der Waals surface area contributed by atoms with Gasteiger partial charge in [0.05, 0.1) is 12.6 Å². The molecule has 0 fully saturated rings. The van der Waals surface area contributed by atoms with E-state index >= 15 is 0 Å². The number of hydrogen-bond acceptors (Lipinski definition) is 15. The van der Waals surface area contributed by atoms with Gasteiger partial charge in [-0.05, 0) is 63.4 Å². The van der Waals surface area contributed by atoms with Gasteiger partial charge in [-0.15, -0.1) is 0 Å². The molecule has 29 heteroatoms. The van der Waals surface area contributed by atoms with Crippen molar-refractivity contribution < 1.29 is 68.4 Å². The Hall–Kier alpha value is -6.49. The maximum absolute atomic E-state index is 13.9. The number of primary amides is 1. The van der Waals surface area contributed by atoms with Crippen LogP contribution in [0.5, 0.6) is 0 Å². The fraction of sp³-hybridized carbons (Fsp3) is 0.657. The number of nitrogens with zero attached hydrogens (tertiary/aromatic N) is 2. The molecule has 0 radical (unpaired) electrons. The summed E-state index contributed by atoms with van der Waals surface area (Å²) in [5.74, 6) is -11.4. The number of carbonyl (C=O) groups is 10. The summed E-state index contributed by atoms with van der Waals surface area (Å²) in [4.78, 5) is 134. The lowest BCUT2D eigenvalue weighted by Gasteiger charge is -2.27. The first-order valence-corrected chi connectivity index (χ1v) is 21.1. The van der Waals surface area contributed by atoms with Gasteiger partial charge in [-0.3, -0.25) is 53.1 Å². The number of aliphatic carboxylic acids is 3. The quantitative estimate of drug-likeness (QED) is 0.0162. The Balaban J connectivity index is 6.68. The molecule has 7 atom stereocenters. The number of nitrogens with two attached hydrogens (primary N) is 6. The molecule has 0 aromatic heterocycles. The lowest BCUT2D eigenvalue weighted by molar-refractivity contribution is -0.143. The van der Waals surface area contributed by atoms with E-state index in [0.29, 0.717) is 0 Å². The van der Waals surface area contributed by atoms with Gasteiger partial charge in [0.1, 0.15) is 36.3 Å². The van der Waals surface area contributed by atoms with E-state index in [4.69, 9.17) is 39.5 Å². The number of thioether (sulfide) groups is 1. The number of nitrogens with one attached hydrogen (secondary N) is 6. The highest BCUT2D eigenvalue weighted by Crippen LogP contribution is 2.09. The number of aliphatic imine (C=N–C) groups is 2. The van der Waals surface area contributed by atoms with Crippen molar-refractivity contribution in [2.24, 2.45) is 44.4 Å². The number of guanidine groups is 2. The van der Waals surface area contributed by atoms with Gasteiger partial charge in [0, 0.05) is 32.4 Å². The molecule has 0 saturated heterocycles. The van der Waals surface area contributed by atoms with Crippen LogP contribution in [0.3, 0.4) is 0 Å². The van der Waals surface area contributed by atoms with Crippen molar-refractivity contribution in [1.82, 2.24) is 31.9 Å². The van der Waals surface area contributed by atoms with Crippen LogP contribution in [0.4, 0.5) is 0 Å². The predicted octanol–water partition coefficient (Wildman–Crippen LogP) is -6.85. The normalized spacial score (nSPS) is 14.0. The summed E-state index contributed by atoms with van der Waals surface area (Å²) in [7, 11) is 0. The van der Waals surface area contributed by atoms with Crippen LogP contribution in [0.15, 0.2) is 9.98 Å². The molecule has 0 aromatic carbocycles. The van der Waals surface area contributed by atoms with Crippen LogP contribution in [0.1, 0.15) is 70.6 Å². The molecule has 0 unspecified atom stereocenters. The molecule has 362 valence electrons. The molecule has 0 saturated carbocycles. The fourth-order valence-electron chi connectivity index (χ4n) is 5.38. The monoisotopic (exact) mass is 934 g/mol. The lowest BCUT2D eigenvalue weighted by Crippen LogP contribution is -2.60. The van der Waals surface area contributed by atoms with E-state index in [2.05, 4.69) is 41.9 Å². The second-order valence-electron chi connectivity index (χ2n) is 14.0. The third-order valence-electron chi connectivity index (χ3n) is 8.80. The molecular formula is C35H62N14O14S. The smallest absolute Gasteiger partial charge is 0.328 e. The minimum atomic E-state index is -1.75. The van der Waals surface area contributed by atoms with Crippen LogP contribution in [-0.2, 0) is 47.9 Å². The fourth-order valence-corrected chi connectivity index (χ4v) is 5.85. The Labute approximate surface area is 371 Å². The van der Waals surface area contributed by atoms with E-state index in [0.717, 1.165) is 0 Å². The molecule has 0 aliphatic carbocycles. The van der Waals surface area contributed by atoms with Gasteiger partial charge in [0.2, 0.25) is 41.4 Å². The van der Waals surface area contributed by atoms with Crippen molar-refractivity contribution in [2.45, 2.75) is 113 Å². The van der Waals surface area contributed by atoms with Crippen LogP contribution >= 0.6 is 11.8 Å². The van der Waals surface area contributed by atoms with Crippen LogP contribution < -0.4 is 66.3 Å². The first-order chi connectivity index (χ1) is 30.0. The molecule has 22 N–H and O–H groups in total. The first-order valence-electron chi connectivity index (χ1n) is 19.8. The van der Waals surface area contributed by atoms with Crippen LogP contribution in [0, 0.1) is 0 Å². The number of aliphatic hydroxyl groups excluding tert-OH is 1. The van der Waals surface area contributed by atoms with Gasteiger partial charge in [-0.25, -0.2) is 4.79 Å². The molecule has 0 heterocycles. The van der Waals surface area contributed by atoms with E-state index in [1.807, 2.05) is 0 Å². The zero-order valence-corrected chi connectivity index (χ0v) is 36.1. The third kappa shape index (κ3) is 25.4. The van der Waals surface area contributed by atoms with Gasteiger partial charge in [0.25, 0.3) is 0 Å². The molecule has 0 rings (SSSR count). The van der Waals surface area contributed by atoms with E-state index in [-0.39, 0.29) is 69.3 Å². The maximum Gasteiger partial charge on any atom is 0.328 e. The molecular weight excluding hydrogens is 873 g/mol. The summed E-state index contributed by atoms with van der Waals surface area (Å²) >= 11 is 1.26. The topological polar surface area (TPSA) is 505 Å². The summed E-state index contributed by atoms with van der Waals surface area (Å²) in [5.41, 5.74) is 32.6. The van der Waals surface area contributed by atoms with Gasteiger partial charge in [0.15, 0.2) is 11.9 Å². The summed E-state index contributed by atoms with van der Waals surface area (Å²) in [6.45, 7) is -1.04. The van der Waals surface area contributed by atoms with Crippen LogP contribution in [0.25, 0.3) is 0 Å². The highest BCUT2D eigenvalue weighted by molar-refractivity contribution is 7.98. The summed E-state index contributed by atoms with van der Waals surface area (Å²) < 4.78 is 0. The van der Waals surface area contributed by atoms with Crippen LogP contribution in [0.2, 0.25) is 0 Å². The van der Waals surface area contributed by atoms with Crippen molar-refractivity contribution >= 4 is 82.9 Å². The van der Waals surface area contributed by atoms with Crippen molar-refractivity contribution in [3.63, 3.8) is 0 Å². The van der Waals surface area contributed by atoms with Gasteiger partial charge in [-0.1, -0.05) is 0 Å². The Kier molecular flexibility index (Phi) is 28.2. The first kappa shape index (κ1) is 57.5. The van der Waals surface area contributed by atoms with Gasteiger partial charge >= 0.3 is 17.9 Å². The van der Waals surface area contributed by atoms with Gasteiger partial charge in [-0.2, -0.15) is 11.8 Å². The second kappa shape index (κ2) is 31.4. The lowest BCUT2D eigenvalue weighted by atomic mass is 10.0. The minimum absolute atomic E-state index is 0.0109. The number of carboxylic acids is 3. The number of rotatable bonds is 34. The number of carbonyl (C=O) groups excluding carboxylic acids is 7. The zero-order chi connectivity index (χ0) is 48.9. The van der Waals surface area contributed by atoms with E-state index in [1.54, 1.807) is 6.26 Å². The Bertz CT molecular complexity index is 1680. The molecule has 0 aliphatic rings. The Morgan fingerprint density at radius 3 is 1.19 bits per heavy atom. The van der Waals surface area contributed by atoms with Crippen molar-refractivity contribution in [1.29, 1.82) is 0 Å². The van der Waals surface area contributed by atoms with Crippen molar-refractivity contribution in [3.05, 3.63) is 0 Å². The van der Waals surface area contributed by atoms with Gasteiger partial charge < -0.3 is 86.7 Å². The highest BCUT2D eigenvalue weighted by Gasteiger charge is 2.34. The summed E-state index contributed by atoms with van der Waals surface area (Å²) in [5, 5.41) is 51.1. The number of amides is 7. The minimum Gasteiger partial charge on any atom is -0.481 e. The van der Waals surface area contributed by atoms with Crippen molar-refractivity contribution in [2.75, 3.05) is 31.7 Å². The maximum atomic E-state index is 13.9. The van der Waals surface area contributed by atoms with Crippen LogP contribution in [-0.4, -0.2) is 166 Å². The molecule has 7 amide bonds. The number of aliphatic hydroxyl groups is 1. The molecule has 0 spiro atoms. The molecule has 0 bridgehead atoms. The SMILES string of the molecule is CSCC[C@H](NC(=O)[C@H](CCC(=O)O)NC(=O)[C@@H](N)CCC(=O)O)C(=O)N[C@@H](CCC(N)=O)C(=O)N[C@@H](CCCN=C(N)N)C(=O)N[C@@H](CCCN=C(N)N)C(=O)N[C@@H](CO)C(=O)O. The molecule has 28 nitrogen and oxygen atoms in total. The van der Waals surface area contributed by atoms with E-state index < -0.39 is 140 Å². The molecule has 64 heavy (non-hydrogen) atoms. The number of carboxylic acid groups (broad SMARTS) is 3. The highest BCUT2D eigenvalue weighted by atomic mass is 32.2. The third-order valence-corrected chi connectivity index (χ3v) is 9.44. The molecule has 0 aromatic rings. The van der Waals surface area contributed by atoms with Crippen molar-refractivity contribution in [3.8, 4) is 0 Å². The second-order valence-corrected chi connectivity index (χ2v) is 15.0. The van der Waals surface area contributed by atoms with E-state index in [1.165, 1.54) is 11.8 Å². The summed E-state index contributed by atoms with van der Waals surface area (Å²) in [6.07, 6.45) is -1.41. The standard InChI is InChI=1S/C35H62N14O14S/c1-64-15-12-22(48-31(60)21(8-11-26(54)55)44-27(56)17(36)6-10-25(52)53)32(61)47-20(7-9-24(37)51)30(59)46-18(4-2-13-42-34(38)39)28(57)45-19(5-3-14-43-35(40)41)29(58)49-23(16-50)33(62)63/h17-23,50H,2-16,36H2,1H3,(H2,37,51)(H,44,56)(H,45,57)(H,46,59)(H,47,61)(H,48,60)(H,49,58)(H,52,53)(H,54,55)(H,62,63)(H4,38,39,42)(H4,40,41,43)/t17-,18-,19-,20-,21-,22-,23-/m0/s1. The molecule has 0 aliphatic heterocycles. The zero-order valence-electron chi connectivity index (χ0n) is 35.3. The predicted molar refractivity (Wildman–Crippen MR) is 229 cm³/mol. The van der Waals surface area contributed by atoms with E-state index in [9.17, 15) is 63.3 Å². The average molecular weight is 935 g/mol. The Morgan fingerprint density at radius 1 is 0.500 bits per heavy atom. The summed E-state index contributed by atoms with van der Waals surface area (Å²) in [6, 6.07) is -10.7. The Morgan fingerprint density at radius 2 is 0.844 bits per heavy atom.